The highest BCUT2D eigenvalue weighted by atomic mass is 16.5. The second kappa shape index (κ2) is 4.16. The van der Waals surface area contributed by atoms with Gasteiger partial charge in [0.15, 0.2) is 0 Å². The fourth-order valence-corrected chi connectivity index (χ4v) is 1.52. The lowest BCUT2D eigenvalue weighted by atomic mass is 10.2. The van der Waals surface area contributed by atoms with Crippen LogP contribution in [0.3, 0.4) is 0 Å². The number of hydrogen-bond acceptors (Lipinski definition) is 3. The van der Waals surface area contributed by atoms with Gasteiger partial charge >= 0.3 is 0 Å². The molecule has 2 rings (SSSR count). The third-order valence-corrected chi connectivity index (χ3v) is 2.29. The van der Waals surface area contributed by atoms with Crippen molar-refractivity contribution in [1.82, 2.24) is 0 Å². The molecule has 15 heavy (non-hydrogen) atoms. The van der Waals surface area contributed by atoms with Crippen molar-refractivity contribution in [1.29, 1.82) is 5.26 Å². The van der Waals surface area contributed by atoms with E-state index in [0.717, 1.165) is 5.75 Å². The van der Waals surface area contributed by atoms with E-state index in [2.05, 4.69) is 0 Å². The van der Waals surface area contributed by atoms with Gasteiger partial charge in [0.25, 0.3) is 0 Å². The van der Waals surface area contributed by atoms with Crippen LogP contribution >= 0.6 is 0 Å². The molecule has 1 aromatic carbocycles. The third kappa shape index (κ3) is 2.36. The largest absolute Gasteiger partial charge is 0.486 e. The van der Waals surface area contributed by atoms with Gasteiger partial charge in [-0.15, -0.1) is 0 Å². The first-order valence-corrected chi connectivity index (χ1v) is 4.81. The van der Waals surface area contributed by atoms with Crippen molar-refractivity contribution in [3.8, 4) is 11.8 Å². The molecule has 0 fully saturated rings. The maximum atomic E-state index is 9.25. The van der Waals surface area contributed by atoms with E-state index < -0.39 is 6.10 Å². The molecule has 0 unspecified atom stereocenters. The van der Waals surface area contributed by atoms with E-state index >= 15 is 0 Å². The Balaban J connectivity index is 2.00. The normalized spacial score (nSPS) is 23.7. The Hall–Kier alpha value is -1.79. The number of benzene rings is 1. The van der Waals surface area contributed by atoms with Crippen molar-refractivity contribution >= 4 is 0 Å². The summed E-state index contributed by atoms with van der Waals surface area (Å²) in [6.45, 7) is 0. The monoisotopic (exact) mass is 201 g/mol. The van der Waals surface area contributed by atoms with Crippen molar-refractivity contribution in [3.63, 3.8) is 0 Å². The molecule has 3 heteroatoms. The zero-order valence-electron chi connectivity index (χ0n) is 8.13. The van der Waals surface area contributed by atoms with Crippen LogP contribution < -0.4 is 4.74 Å². The van der Waals surface area contributed by atoms with Crippen LogP contribution in [-0.4, -0.2) is 17.3 Å². The van der Waals surface area contributed by atoms with E-state index in [4.69, 9.17) is 10.00 Å². The molecular weight excluding hydrogens is 190 g/mol. The van der Waals surface area contributed by atoms with Crippen LogP contribution in [0.5, 0.6) is 5.75 Å². The number of nitriles is 1. The van der Waals surface area contributed by atoms with Gasteiger partial charge in [0.1, 0.15) is 11.9 Å². The van der Waals surface area contributed by atoms with Crippen LogP contribution in [0.15, 0.2) is 36.4 Å². The summed E-state index contributed by atoms with van der Waals surface area (Å²) < 4.78 is 5.59. The van der Waals surface area contributed by atoms with Gasteiger partial charge in [-0.2, -0.15) is 5.26 Å². The number of hydrogen-bond donors (Lipinski definition) is 1. The van der Waals surface area contributed by atoms with Crippen molar-refractivity contribution in [2.45, 2.75) is 18.6 Å². The van der Waals surface area contributed by atoms with E-state index in [-0.39, 0.29) is 6.10 Å². The van der Waals surface area contributed by atoms with Crippen LogP contribution in [0.1, 0.15) is 12.0 Å². The summed E-state index contributed by atoms with van der Waals surface area (Å²) in [6, 6.07) is 8.99. The molecule has 1 aliphatic rings. The summed E-state index contributed by atoms with van der Waals surface area (Å²) in [6.07, 6.45) is 3.72. The molecule has 76 valence electrons. The molecule has 0 saturated heterocycles. The third-order valence-electron chi connectivity index (χ3n) is 2.29. The Morgan fingerprint density at radius 3 is 2.53 bits per heavy atom. The molecular formula is C12H11NO2. The quantitative estimate of drug-likeness (QED) is 0.740. The molecule has 0 aromatic heterocycles. The SMILES string of the molecule is N#Cc1ccc(O[C@H]2C=C[C@H](O)C2)cc1. The number of ether oxygens (including phenoxy) is 1. The van der Waals surface area contributed by atoms with Crippen molar-refractivity contribution < 1.29 is 9.84 Å². The average Bonchev–Trinajstić information content (AvgIpc) is 2.65. The summed E-state index contributed by atoms with van der Waals surface area (Å²) in [5.41, 5.74) is 0.615. The fraction of sp³-hybridized carbons (Fsp3) is 0.250. The van der Waals surface area contributed by atoms with Crippen LogP contribution in [0.4, 0.5) is 0 Å². The van der Waals surface area contributed by atoms with Gasteiger partial charge in [-0.25, -0.2) is 0 Å². The number of nitrogens with zero attached hydrogens (tertiary/aromatic N) is 1. The Morgan fingerprint density at radius 1 is 1.27 bits per heavy atom. The van der Waals surface area contributed by atoms with Gasteiger partial charge in [-0.05, 0) is 30.3 Å². The minimum Gasteiger partial charge on any atom is -0.486 e. The Bertz CT molecular complexity index is 403. The van der Waals surface area contributed by atoms with Crippen LogP contribution in [0, 0.1) is 11.3 Å². The molecule has 2 atom stereocenters. The Kier molecular flexibility index (Phi) is 2.70. The first-order chi connectivity index (χ1) is 7.28. The van der Waals surface area contributed by atoms with E-state index in [9.17, 15) is 5.11 Å². The van der Waals surface area contributed by atoms with Crippen molar-refractivity contribution in [2.75, 3.05) is 0 Å². The molecule has 3 nitrogen and oxygen atoms in total. The molecule has 0 aliphatic heterocycles. The molecule has 1 aromatic rings. The topological polar surface area (TPSA) is 53.2 Å². The Labute approximate surface area is 88.2 Å². The van der Waals surface area contributed by atoms with Gasteiger partial charge in [-0.3, -0.25) is 0 Å². The second-order valence-electron chi connectivity index (χ2n) is 3.48. The number of aliphatic hydroxyl groups is 1. The van der Waals surface area contributed by atoms with E-state index in [1.54, 1.807) is 30.3 Å². The maximum Gasteiger partial charge on any atom is 0.120 e. The summed E-state index contributed by atoms with van der Waals surface area (Å²) in [5, 5.41) is 17.9. The van der Waals surface area contributed by atoms with Crippen molar-refractivity contribution in [3.05, 3.63) is 42.0 Å². The smallest absolute Gasteiger partial charge is 0.120 e. The van der Waals surface area contributed by atoms with E-state index in [1.807, 2.05) is 12.1 Å². The molecule has 0 saturated carbocycles. The highest BCUT2D eigenvalue weighted by molar-refractivity contribution is 5.34. The standard InChI is InChI=1S/C12H11NO2/c13-8-9-1-4-11(5-2-9)15-12-6-3-10(14)7-12/h1-6,10,12,14H,7H2/t10-,12-/m0/s1. The van der Waals surface area contributed by atoms with Crippen LogP contribution in [-0.2, 0) is 0 Å². The van der Waals surface area contributed by atoms with Crippen LogP contribution in [0.25, 0.3) is 0 Å². The zero-order valence-corrected chi connectivity index (χ0v) is 8.13. The van der Waals surface area contributed by atoms with Gasteiger partial charge in [0.05, 0.1) is 17.7 Å². The lowest BCUT2D eigenvalue weighted by Gasteiger charge is -2.12. The summed E-state index contributed by atoms with van der Waals surface area (Å²) in [7, 11) is 0. The fourth-order valence-electron chi connectivity index (χ4n) is 1.52. The highest BCUT2D eigenvalue weighted by Crippen LogP contribution is 2.19. The first-order valence-electron chi connectivity index (χ1n) is 4.81. The maximum absolute atomic E-state index is 9.25. The summed E-state index contributed by atoms with van der Waals surface area (Å²) in [5.74, 6) is 0.720. The summed E-state index contributed by atoms with van der Waals surface area (Å²) in [4.78, 5) is 0. The molecule has 1 N–H and O–H groups in total. The average molecular weight is 201 g/mol. The lowest BCUT2D eigenvalue weighted by Crippen LogP contribution is -2.13. The van der Waals surface area contributed by atoms with E-state index in [1.165, 1.54) is 0 Å². The number of aliphatic hydroxyl groups excluding tert-OH is 1. The minimum atomic E-state index is -0.395. The van der Waals surface area contributed by atoms with Gasteiger partial charge in [0, 0.05) is 6.42 Å². The molecule has 1 aliphatic carbocycles. The highest BCUT2D eigenvalue weighted by Gasteiger charge is 2.17. The molecule has 0 bridgehead atoms. The molecule has 0 heterocycles. The number of rotatable bonds is 2. The summed E-state index contributed by atoms with van der Waals surface area (Å²) >= 11 is 0. The predicted octanol–water partition coefficient (Wildman–Crippen LogP) is 1.63. The molecule has 0 radical (unpaired) electrons. The molecule has 0 spiro atoms. The van der Waals surface area contributed by atoms with E-state index in [0.29, 0.717) is 12.0 Å². The second-order valence-corrected chi connectivity index (χ2v) is 3.48. The van der Waals surface area contributed by atoms with Gasteiger partial charge < -0.3 is 9.84 Å². The first kappa shape index (κ1) is 9.75. The van der Waals surface area contributed by atoms with Gasteiger partial charge in [0.2, 0.25) is 0 Å². The zero-order chi connectivity index (χ0) is 10.7. The Morgan fingerprint density at radius 2 is 2.00 bits per heavy atom. The predicted molar refractivity (Wildman–Crippen MR) is 55.3 cm³/mol. The van der Waals surface area contributed by atoms with Gasteiger partial charge in [-0.1, -0.05) is 6.08 Å². The molecule has 0 amide bonds. The minimum absolute atomic E-state index is 0.0621. The van der Waals surface area contributed by atoms with Crippen molar-refractivity contribution in [2.24, 2.45) is 0 Å². The lowest BCUT2D eigenvalue weighted by molar-refractivity contribution is 0.165. The van der Waals surface area contributed by atoms with Crippen LogP contribution in [0.2, 0.25) is 0 Å².